The van der Waals surface area contributed by atoms with E-state index in [1.165, 1.54) is 11.3 Å². The largest absolute Gasteiger partial charge is 0.477 e. The van der Waals surface area contributed by atoms with Gasteiger partial charge >= 0.3 is 5.97 Å². The van der Waals surface area contributed by atoms with Crippen LogP contribution in [0.4, 0.5) is 5.82 Å². The van der Waals surface area contributed by atoms with Gasteiger partial charge in [-0.3, -0.25) is 0 Å². The van der Waals surface area contributed by atoms with Crippen molar-refractivity contribution in [3.8, 4) is 11.9 Å². The number of nitrogens with zero attached hydrogens (tertiary/aromatic N) is 5. The number of ether oxygens (including phenoxy) is 1. The summed E-state index contributed by atoms with van der Waals surface area (Å²) in [6.07, 6.45) is 3.28. The number of piperidine rings is 1. The van der Waals surface area contributed by atoms with Gasteiger partial charge in [0.15, 0.2) is 0 Å². The highest BCUT2D eigenvalue weighted by Crippen LogP contribution is 2.65. The fourth-order valence-electron chi connectivity index (χ4n) is 5.47. The minimum absolute atomic E-state index is 0.270. The van der Waals surface area contributed by atoms with Crippen molar-refractivity contribution >= 4 is 48.0 Å². The normalized spacial score (nSPS) is 18.2. The second kappa shape index (κ2) is 9.13. The molecule has 3 aromatic heterocycles. The molecule has 0 radical (unpaired) electrons. The number of carbonyl (C=O) groups is 1. The summed E-state index contributed by atoms with van der Waals surface area (Å²) in [6.45, 7) is 2.25. The Bertz CT molecular complexity index is 1560. The van der Waals surface area contributed by atoms with Crippen molar-refractivity contribution in [3.63, 3.8) is 0 Å². The molecule has 1 saturated heterocycles. The molecular weight excluding hydrogens is 505 g/mol. The van der Waals surface area contributed by atoms with Crippen molar-refractivity contribution < 1.29 is 14.6 Å². The number of rotatable bonds is 6. The van der Waals surface area contributed by atoms with Crippen molar-refractivity contribution in [2.75, 3.05) is 18.0 Å². The Labute approximate surface area is 220 Å². The summed E-state index contributed by atoms with van der Waals surface area (Å²) in [7, 11) is 4.66. The average molecular weight is 532 g/mol. The Hall–Kier alpha value is -3.47. The summed E-state index contributed by atoms with van der Waals surface area (Å²) >= 11 is 1.25. The standard InChI is InChI=1S/C27H26N5O3PS/c1-31-19-12-21(26(33)34)37-25(19)30-24(31)18-13-27(18)7-9-32(10-8-27)22-3-2-4-23(29-22)35-15-17-6-5-16(14-28)11-20(17)36/h2-6,11-12,18H,7-10,13,15,36H2,1H3,(H,33,34). The molecule has 10 heteroatoms. The lowest BCUT2D eigenvalue weighted by atomic mass is 9.90. The van der Waals surface area contributed by atoms with E-state index in [0.717, 1.165) is 65.2 Å². The summed E-state index contributed by atoms with van der Waals surface area (Å²) in [5, 5.41) is 19.3. The van der Waals surface area contributed by atoms with Crippen LogP contribution >= 0.6 is 20.6 Å². The number of anilines is 1. The van der Waals surface area contributed by atoms with Gasteiger partial charge in [-0.1, -0.05) is 12.1 Å². The zero-order valence-electron chi connectivity index (χ0n) is 20.3. The van der Waals surface area contributed by atoms with Crippen molar-refractivity contribution in [3.05, 3.63) is 64.3 Å². The number of aryl methyl sites for hydroxylation is 1. The summed E-state index contributed by atoms with van der Waals surface area (Å²) in [5.74, 6) is 2.12. The highest BCUT2D eigenvalue weighted by atomic mass is 32.1. The van der Waals surface area contributed by atoms with Gasteiger partial charge in [0, 0.05) is 32.1 Å². The molecule has 1 aliphatic heterocycles. The maximum absolute atomic E-state index is 11.3. The highest BCUT2D eigenvalue weighted by Gasteiger charge is 2.57. The molecule has 188 valence electrons. The van der Waals surface area contributed by atoms with E-state index in [1.807, 2.05) is 37.4 Å². The number of aromatic nitrogens is 3. The molecule has 4 aromatic rings. The Morgan fingerprint density at radius 1 is 1.27 bits per heavy atom. The predicted molar refractivity (Wildman–Crippen MR) is 146 cm³/mol. The van der Waals surface area contributed by atoms with Crippen LogP contribution in [-0.4, -0.2) is 38.7 Å². The molecule has 2 unspecified atom stereocenters. The van der Waals surface area contributed by atoms with Crippen LogP contribution in [0.3, 0.4) is 0 Å². The second-order valence-electron chi connectivity index (χ2n) is 9.89. The number of aromatic carboxylic acids is 1. The van der Waals surface area contributed by atoms with Gasteiger partial charge < -0.3 is 19.3 Å². The quantitative estimate of drug-likeness (QED) is 0.367. The summed E-state index contributed by atoms with van der Waals surface area (Å²) < 4.78 is 8.07. The van der Waals surface area contributed by atoms with Crippen LogP contribution in [0.15, 0.2) is 42.5 Å². The Kier molecular flexibility index (Phi) is 5.89. The number of thiophene rings is 1. The average Bonchev–Trinajstić information content (AvgIpc) is 3.26. The Morgan fingerprint density at radius 3 is 2.78 bits per heavy atom. The first-order valence-corrected chi connectivity index (χ1v) is 13.6. The minimum Gasteiger partial charge on any atom is -0.477 e. The van der Waals surface area contributed by atoms with Gasteiger partial charge in [0.25, 0.3) is 0 Å². The van der Waals surface area contributed by atoms with Gasteiger partial charge in [-0.25, -0.2) is 9.78 Å². The van der Waals surface area contributed by atoms with E-state index in [9.17, 15) is 9.90 Å². The van der Waals surface area contributed by atoms with Gasteiger partial charge in [0.05, 0.1) is 17.1 Å². The van der Waals surface area contributed by atoms with Crippen LogP contribution in [0.5, 0.6) is 5.88 Å². The molecule has 8 nitrogen and oxygen atoms in total. The Balaban J connectivity index is 1.09. The number of carboxylic acid groups (broad SMARTS) is 1. The van der Waals surface area contributed by atoms with Crippen LogP contribution in [0.2, 0.25) is 0 Å². The first-order chi connectivity index (χ1) is 17.9. The third-order valence-corrected chi connectivity index (χ3v) is 9.31. The third-order valence-electron chi connectivity index (χ3n) is 7.77. The molecule has 1 aliphatic carbocycles. The SMILES string of the molecule is Cn1c(C2CC23CCN(c2cccc(OCc4ccc(C#N)cc4P)n2)CC3)nc2sc(C(=O)O)cc21. The fraction of sp³-hybridized carbons (Fsp3) is 0.333. The molecule has 6 rings (SSSR count). The van der Waals surface area contributed by atoms with Crippen molar-refractivity contribution in [1.29, 1.82) is 5.26 Å². The molecule has 1 N–H and O–H groups in total. The van der Waals surface area contributed by atoms with Crippen LogP contribution in [0, 0.1) is 16.7 Å². The van der Waals surface area contributed by atoms with Gasteiger partial charge in [0.2, 0.25) is 5.88 Å². The minimum atomic E-state index is -0.897. The summed E-state index contributed by atoms with van der Waals surface area (Å²) in [5.41, 5.74) is 2.81. The van der Waals surface area contributed by atoms with Gasteiger partial charge in [-0.05, 0) is 59.8 Å². The molecule has 1 spiro atoms. The molecule has 1 aromatic carbocycles. The number of pyridine rings is 1. The van der Waals surface area contributed by atoms with E-state index in [2.05, 4.69) is 24.8 Å². The van der Waals surface area contributed by atoms with E-state index >= 15 is 0 Å². The third kappa shape index (κ3) is 4.35. The molecule has 1 saturated carbocycles. The first-order valence-electron chi connectivity index (χ1n) is 12.2. The van der Waals surface area contributed by atoms with Crippen LogP contribution in [-0.2, 0) is 13.7 Å². The van der Waals surface area contributed by atoms with E-state index in [1.54, 1.807) is 12.1 Å². The lowest BCUT2D eigenvalue weighted by molar-refractivity contribution is 0.0702. The predicted octanol–water partition coefficient (Wildman–Crippen LogP) is 4.45. The van der Waals surface area contributed by atoms with Gasteiger partial charge in [0.1, 0.15) is 28.0 Å². The Morgan fingerprint density at radius 2 is 2.08 bits per heavy atom. The number of benzene rings is 1. The van der Waals surface area contributed by atoms with Crippen molar-refractivity contribution in [2.24, 2.45) is 12.5 Å². The van der Waals surface area contributed by atoms with Crippen LogP contribution in [0.1, 0.15) is 51.8 Å². The smallest absolute Gasteiger partial charge is 0.346 e. The number of imidazole rings is 1. The molecule has 4 heterocycles. The molecule has 2 aliphatic rings. The lowest BCUT2D eigenvalue weighted by Crippen LogP contribution is -2.35. The molecular formula is C27H26N5O3PS. The number of fused-ring (bicyclic) bond motifs is 1. The number of nitriles is 1. The lowest BCUT2D eigenvalue weighted by Gasteiger charge is -2.33. The van der Waals surface area contributed by atoms with E-state index in [-0.39, 0.29) is 5.41 Å². The second-order valence-corrected chi connectivity index (χ2v) is 11.5. The summed E-state index contributed by atoms with van der Waals surface area (Å²) in [6, 6.07) is 15.3. The van der Waals surface area contributed by atoms with Crippen molar-refractivity contribution in [1.82, 2.24) is 14.5 Å². The highest BCUT2D eigenvalue weighted by molar-refractivity contribution is 7.27. The number of hydrogen-bond donors (Lipinski definition) is 1. The van der Waals surface area contributed by atoms with Crippen molar-refractivity contribution in [2.45, 2.75) is 31.8 Å². The molecule has 0 bridgehead atoms. The number of carboxylic acids is 1. The van der Waals surface area contributed by atoms with Gasteiger partial charge in [-0.15, -0.1) is 20.6 Å². The zero-order valence-corrected chi connectivity index (χ0v) is 22.3. The van der Waals surface area contributed by atoms with Crippen LogP contribution < -0.4 is 14.9 Å². The zero-order chi connectivity index (χ0) is 25.7. The molecule has 2 fully saturated rings. The topological polar surface area (TPSA) is 104 Å². The van der Waals surface area contributed by atoms with E-state index < -0.39 is 5.97 Å². The molecule has 2 atom stereocenters. The number of hydrogen-bond acceptors (Lipinski definition) is 7. The maximum Gasteiger partial charge on any atom is 0.346 e. The van der Waals surface area contributed by atoms with E-state index in [4.69, 9.17) is 20.0 Å². The summed E-state index contributed by atoms with van der Waals surface area (Å²) in [4.78, 5) is 24.4. The first kappa shape index (κ1) is 23.9. The monoisotopic (exact) mass is 531 g/mol. The maximum atomic E-state index is 11.3. The fourth-order valence-corrected chi connectivity index (χ4v) is 6.73. The molecule has 37 heavy (non-hydrogen) atoms. The van der Waals surface area contributed by atoms with E-state index in [0.29, 0.717) is 28.8 Å². The molecule has 0 amide bonds. The van der Waals surface area contributed by atoms with Gasteiger partial charge in [-0.2, -0.15) is 10.2 Å². The van der Waals surface area contributed by atoms with Crippen LogP contribution in [0.25, 0.3) is 10.3 Å².